The van der Waals surface area contributed by atoms with Crippen molar-refractivity contribution in [1.82, 2.24) is 9.97 Å². The number of rotatable bonds is 4. The lowest BCUT2D eigenvalue weighted by atomic mass is 10.1. The van der Waals surface area contributed by atoms with Crippen LogP contribution in [0.4, 0.5) is 0 Å². The lowest BCUT2D eigenvalue weighted by Gasteiger charge is -2.13. The number of hydrogen-bond donors (Lipinski definition) is 0. The van der Waals surface area contributed by atoms with E-state index in [2.05, 4.69) is 9.97 Å². The van der Waals surface area contributed by atoms with Gasteiger partial charge in [-0.25, -0.2) is 9.97 Å². The molecule has 1 aromatic heterocycles. The first-order valence-corrected chi connectivity index (χ1v) is 7.18. The van der Waals surface area contributed by atoms with Gasteiger partial charge in [0.25, 0.3) is 0 Å². The molecule has 1 heterocycles. The largest absolute Gasteiger partial charge is 0.497 e. The van der Waals surface area contributed by atoms with E-state index in [-0.39, 0.29) is 5.92 Å². The highest BCUT2D eigenvalue weighted by molar-refractivity contribution is 6.34. The van der Waals surface area contributed by atoms with Gasteiger partial charge in [0.2, 0.25) is 0 Å². The van der Waals surface area contributed by atoms with Crippen molar-refractivity contribution in [2.45, 2.75) is 19.8 Å². The first kappa shape index (κ1) is 15.9. The van der Waals surface area contributed by atoms with Crippen molar-refractivity contribution in [3.05, 3.63) is 34.1 Å². The zero-order valence-corrected chi connectivity index (χ0v) is 13.8. The van der Waals surface area contributed by atoms with Crippen LogP contribution in [0, 0.1) is 0 Å². The maximum atomic E-state index is 6.23. The van der Waals surface area contributed by atoms with E-state index in [0.717, 1.165) is 5.56 Å². The van der Waals surface area contributed by atoms with Crippen LogP contribution in [0.5, 0.6) is 11.5 Å². The van der Waals surface area contributed by atoms with Gasteiger partial charge in [-0.15, -0.1) is 0 Å². The number of hydrogen-bond acceptors (Lipinski definition) is 4. The first-order chi connectivity index (χ1) is 9.97. The Morgan fingerprint density at radius 1 is 1.00 bits per heavy atom. The fourth-order valence-corrected chi connectivity index (χ4v) is 2.82. The van der Waals surface area contributed by atoms with Crippen LogP contribution in [0.15, 0.2) is 18.2 Å². The molecule has 0 unspecified atom stereocenters. The molecule has 0 radical (unpaired) electrons. The average molecular weight is 327 g/mol. The number of aromatic nitrogens is 2. The third-order valence-electron chi connectivity index (χ3n) is 3.08. The lowest BCUT2D eigenvalue weighted by Crippen LogP contribution is -2.00. The zero-order chi connectivity index (χ0) is 15.6. The molecule has 0 aliphatic rings. The molecule has 0 N–H and O–H groups in total. The first-order valence-electron chi connectivity index (χ1n) is 6.43. The maximum absolute atomic E-state index is 6.23. The van der Waals surface area contributed by atoms with E-state index in [9.17, 15) is 0 Å². The second-order valence-corrected chi connectivity index (χ2v) is 5.48. The Morgan fingerprint density at radius 3 is 2.10 bits per heavy atom. The summed E-state index contributed by atoms with van der Waals surface area (Å²) < 4.78 is 10.5. The van der Waals surface area contributed by atoms with Gasteiger partial charge in [0, 0.05) is 11.6 Å². The monoisotopic (exact) mass is 326 g/mol. The van der Waals surface area contributed by atoms with E-state index in [4.69, 9.17) is 32.7 Å². The molecule has 112 valence electrons. The summed E-state index contributed by atoms with van der Waals surface area (Å²) in [6.45, 7) is 3.98. The van der Waals surface area contributed by atoms with Crippen molar-refractivity contribution in [2.24, 2.45) is 0 Å². The molecule has 0 amide bonds. The third-order valence-corrected chi connectivity index (χ3v) is 3.66. The second-order valence-electron chi connectivity index (χ2n) is 4.76. The quantitative estimate of drug-likeness (QED) is 0.771. The van der Waals surface area contributed by atoms with Crippen LogP contribution in [0.1, 0.15) is 25.3 Å². The number of halogens is 2. The van der Waals surface area contributed by atoms with Crippen molar-refractivity contribution in [3.63, 3.8) is 0 Å². The minimum Gasteiger partial charge on any atom is -0.497 e. The number of methoxy groups -OCH3 is 2. The molecule has 0 fully saturated rings. The third kappa shape index (κ3) is 3.22. The van der Waals surface area contributed by atoms with Crippen molar-refractivity contribution in [3.8, 4) is 22.9 Å². The molecular formula is C15H16Cl2N2O2. The molecule has 0 saturated heterocycles. The van der Waals surface area contributed by atoms with Crippen molar-refractivity contribution >= 4 is 23.2 Å². The average Bonchev–Trinajstić information content (AvgIpc) is 2.45. The highest BCUT2D eigenvalue weighted by Crippen LogP contribution is 2.35. The number of benzene rings is 1. The fourth-order valence-electron chi connectivity index (χ4n) is 2.00. The van der Waals surface area contributed by atoms with Gasteiger partial charge in [0.15, 0.2) is 5.82 Å². The highest BCUT2D eigenvalue weighted by Gasteiger charge is 2.17. The van der Waals surface area contributed by atoms with Crippen LogP contribution in [-0.4, -0.2) is 24.2 Å². The summed E-state index contributed by atoms with van der Waals surface area (Å²) >= 11 is 12.5. The summed E-state index contributed by atoms with van der Waals surface area (Å²) in [5.74, 6) is 1.86. The van der Waals surface area contributed by atoms with Crippen molar-refractivity contribution in [1.29, 1.82) is 0 Å². The van der Waals surface area contributed by atoms with E-state index < -0.39 is 0 Å². The lowest BCUT2D eigenvalue weighted by molar-refractivity contribution is 0.395. The predicted molar refractivity (Wildman–Crippen MR) is 84.7 cm³/mol. The van der Waals surface area contributed by atoms with E-state index >= 15 is 0 Å². The van der Waals surface area contributed by atoms with Crippen LogP contribution in [0.3, 0.4) is 0 Å². The predicted octanol–water partition coefficient (Wildman–Crippen LogP) is 4.59. The molecule has 0 atom stereocenters. The molecule has 1 aromatic carbocycles. The Kier molecular flexibility index (Phi) is 4.91. The van der Waals surface area contributed by atoms with Crippen molar-refractivity contribution < 1.29 is 9.47 Å². The van der Waals surface area contributed by atoms with Crippen molar-refractivity contribution in [2.75, 3.05) is 14.2 Å². The van der Waals surface area contributed by atoms with Gasteiger partial charge in [0.05, 0.1) is 19.8 Å². The smallest absolute Gasteiger partial charge is 0.166 e. The summed E-state index contributed by atoms with van der Waals surface area (Å²) in [5.41, 5.74) is 1.45. The molecule has 2 rings (SSSR count). The standard InChI is InChI=1S/C15H16Cl2N2O2/c1-8(2)12-13(16)18-15(19-14(12)17)10-6-5-9(20-3)7-11(10)21-4/h5-8H,1-4H3. The summed E-state index contributed by atoms with van der Waals surface area (Å²) in [7, 11) is 3.17. The Labute approximate surface area is 134 Å². The maximum Gasteiger partial charge on any atom is 0.166 e. The Balaban J connectivity index is 2.57. The van der Waals surface area contributed by atoms with E-state index in [1.54, 1.807) is 26.4 Å². The minimum absolute atomic E-state index is 0.150. The van der Waals surface area contributed by atoms with Gasteiger partial charge in [-0.2, -0.15) is 0 Å². The summed E-state index contributed by atoms with van der Waals surface area (Å²) in [5, 5.41) is 0.718. The normalized spacial score (nSPS) is 10.8. The van der Waals surface area contributed by atoms with Crippen LogP contribution >= 0.6 is 23.2 Å². The van der Waals surface area contributed by atoms with Gasteiger partial charge < -0.3 is 9.47 Å². The number of nitrogens with zero attached hydrogens (tertiary/aromatic N) is 2. The van der Waals surface area contributed by atoms with Gasteiger partial charge in [-0.05, 0) is 18.1 Å². The summed E-state index contributed by atoms with van der Waals surface area (Å²) in [6, 6.07) is 5.38. The van der Waals surface area contributed by atoms with Crippen LogP contribution in [0.2, 0.25) is 10.3 Å². The molecule has 0 bridgehead atoms. The van der Waals surface area contributed by atoms with E-state index in [0.29, 0.717) is 33.2 Å². The molecule has 21 heavy (non-hydrogen) atoms. The Bertz CT molecular complexity index is 637. The van der Waals surface area contributed by atoms with Gasteiger partial charge in [-0.1, -0.05) is 37.0 Å². The van der Waals surface area contributed by atoms with Crippen LogP contribution in [-0.2, 0) is 0 Å². The fraction of sp³-hybridized carbons (Fsp3) is 0.333. The SMILES string of the molecule is COc1ccc(-c2nc(Cl)c(C(C)C)c(Cl)n2)c(OC)c1. The highest BCUT2D eigenvalue weighted by atomic mass is 35.5. The Hall–Kier alpha value is -1.52. The second kappa shape index (κ2) is 6.50. The van der Waals surface area contributed by atoms with Gasteiger partial charge in [0.1, 0.15) is 21.8 Å². The molecule has 2 aromatic rings. The number of ether oxygens (including phenoxy) is 2. The topological polar surface area (TPSA) is 44.2 Å². The molecule has 0 spiro atoms. The van der Waals surface area contributed by atoms with Gasteiger partial charge >= 0.3 is 0 Å². The van der Waals surface area contributed by atoms with E-state index in [1.807, 2.05) is 19.9 Å². The minimum atomic E-state index is 0.150. The van der Waals surface area contributed by atoms with Crippen LogP contribution < -0.4 is 9.47 Å². The summed E-state index contributed by atoms with van der Waals surface area (Å²) in [4.78, 5) is 8.68. The summed E-state index contributed by atoms with van der Waals surface area (Å²) in [6.07, 6.45) is 0. The molecule has 0 aliphatic carbocycles. The molecular weight excluding hydrogens is 311 g/mol. The van der Waals surface area contributed by atoms with Gasteiger partial charge in [-0.3, -0.25) is 0 Å². The molecule has 0 saturated carbocycles. The zero-order valence-electron chi connectivity index (χ0n) is 12.3. The van der Waals surface area contributed by atoms with E-state index in [1.165, 1.54) is 0 Å². The molecule has 4 nitrogen and oxygen atoms in total. The van der Waals surface area contributed by atoms with Crippen LogP contribution in [0.25, 0.3) is 11.4 Å². The Morgan fingerprint density at radius 2 is 1.62 bits per heavy atom. The molecule has 6 heteroatoms. The molecule has 0 aliphatic heterocycles.